The first kappa shape index (κ1) is 6.01. The number of carbonyl (C=O) groups is 1. The average Bonchev–Trinajstić information content (AvgIpc) is 2.12. The maximum absolute atomic E-state index is 10.5. The van der Waals surface area contributed by atoms with E-state index in [9.17, 15) is 4.79 Å². The molecule has 0 aliphatic rings. The molecule has 0 spiro atoms. The molecule has 0 atom stereocenters. The Morgan fingerprint density at radius 1 is 1.88 bits per heavy atom. The van der Waals surface area contributed by atoms with Gasteiger partial charge in [0.1, 0.15) is 0 Å². The van der Waals surface area contributed by atoms with Crippen molar-refractivity contribution in [3.63, 3.8) is 0 Å². The number of carbonyl (C=O) groups excluding carboxylic acids is 1. The van der Waals surface area contributed by atoms with E-state index in [4.69, 9.17) is 0 Å². The van der Waals surface area contributed by atoms with Gasteiger partial charge in [-0.25, -0.2) is 0 Å². The van der Waals surface area contributed by atoms with Crippen LogP contribution in [0.2, 0.25) is 0 Å². The number of hydrogen-bond acceptors (Lipinski definition) is 2. The van der Waals surface area contributed by atoms with E-state index >= 15 is 0 Å². The van der Waals surface area contributed by atoms with Gasteiger partial charge in [0.25, 0.3) is 0 Å². The monoisotopic (exact) mass is 118 g/mol. The molecule has 4 heteroatoms. The van der Waals surface area contributed by atoms with Gasteiger partial charge < -0.3 is 0 Å². The van der Waals surface area contributed by atoms with E-state index in [1.165, 1.54) is 0 Å². The molecule has 1 rings (SSSR count). The van der Waals surface area contributed by atoms with Gasteiger partial charge in [-0.3, -0.25) is 0 Å². The van der Waals surface area contributed by atoms with Crippen LogP contribution in [0.4, 0.5) is 0 Å². The van der Waals surface area contributed by atoms with Gasteiger partial charge >= 0.3 is 63.9 Å². The molecule has 1 aromatic rings. The second-order valence-corrected chi connectivity index (χ2v) is 2.40. The summed E-state index contributed by atoms with van der Waals surface area (Å²) in [4.78, 5) is 16.9. The summed E-state index contributed by atoms with van der Waals surface area (Å²) in [5.74, 6) is 0.483. The number of rotatable bonds is 1. The zero-order valence-electron chi connectivity index (χ0n) is 4.51. The van der Waals surface area contributed by atoms with Crippen LogP contribution >= 0.6 is 0 Å². The van der Waals surface area contributed by atoms with Crippen LogP contribution in [0.15, 0.2) is 12.4 Å². The van der Waals surface area contributed by atoms with E-state index < -0.39 is 0 Å². The quantitative estimate of drug-likeness (QED) is 0.515. The predicted octanol–water partition coefficient (Wildman–Crippen LogP) is -0.282. The molecular formula is C4H3N2NaO. The average molecular weight is 118 g/mol. The molecule has 0 aliphatic heterocycles. The van der Waals surface area contributed by atoms with Crippen LogP contribution < -0.4 is 0 Å². The van der Waals surface area contributed by atoms with Crippen molar-refractivity contribution in [3.8, 4) is 0 Å². The molecule has 1 N–H and O–H groups in total. The first-order valence-corrected chi connectivity index (χ1v) is 3.31. The first-order valence-electron chi connectivity index (χ1n) is 2.31. The van der Waals surface area contributed by atoms with Crippen LogP contribution in [-0.4, -0.2) is 40.9 Å². The van der Waals surface area contributed by atoms with Gasteiger partial charge in [-0.05, 0) is 0 Å². The standard InChI is InChI=1S/C4H3N2O.Na/c7-3-4-5-1-2-6-4;/h1-2H,(H,5,6);. The summed E-state index contributed by atoms with van der Waals surface area (Å²) in [7, 11) is 0. The molecule has 0 amide bonds. The van der Waals surface area contributed by atoms with E-state index in [2.05, 4.69) is 9.97 Å². The molecule has 1 aromatic heterocycles. The topological polar surface area (TPSA) is 45.8 Å². The van der Waals surface area contributed by atoms with Crippen LogP contribution in [-0.2, 0) is 0 Å². The van der Waals surface area contributed by atoms with Gasteiger partial charge in [-0.15, -0.1) is 0 Å². The zero-order chi connectivity index (χ0) is 5.98. The molecule has 0 unspecified atom stereocenters. The number of hydrogen-bond donors (Lipinski definition) is 1. The van der Waals surface area contributed by atoms with Crippen molar-refractivity contribution in [1.29, 1.82) is 0 Å². The molecule has 0 bridgehead atoms. The molecule has 0 fully saturated rings. The van der Waals surface area contributed by atoms with Gasteiger partial charge in [0.05, 0.1) is 0 Å². The minimum atomic E-state index is 0.106. The second-order valence-electron chi connectivity index (χ2n) is 1.49. The normalized spacial score (nSPS) is 9.25. The number of H-pyrrole nitrogens is 1. The molecule has 36 valence electrons. The summed E-state index contributed by atoms with van der Waals surface area (Å²) >= 11 is 0.539. The molecule has 1 heterocycles. The van der Waals surface area contributed by atoms with E-state index in [-0.39, 0.29) is 3.03 Å². The van der Waals surface area contributed by atoms with Crippen LogP contribution in [0.25, 0.3) is 0 Å². The van der Waals surface area contributed by atoms with Crippen LogP contribution in [0.5, 0.6) is 0 Å². The van der Waals surface area contributed by atoms with Gasteiger partial charge in [-0.1, -0.05) is 0 Å². The van der Waals surface area contributed by atoms with Gasteiger partial charge in [0.2, 0.25) is 0 Å². The Morgan fingerprint density at radius 3 is 2.88 bits per heavy atom. The third-order valence-electron chi connectivity index (χ3n) is 0.832. The fourth-order valence-electron chi connectivity index (χ4n) is 0.458. The molecule has 8 heavy (non-hydrogen) atoms. The maximum atomic E-state index is 10.5. The number of aromatic nitrogens is 2. The Kier molecular flexibility index (Phi) is 1.83. The predicted molar refractivity (Wildman–Crippen MR) is 28.7 cm³/mol. The van der Waals surface area contributed by atoms with E-state index in [1.54, 1.807) is 12.4 Å². The van der Waals surface area contributed by atoms with Crippen molar-refractivity contribution in [3.05, 3.63) is 18.2 Å². The molecule has 0 saturated heterocycles. The van der Waals surface area contributed by atoms with E-state index in [0.717, 1.165) is 0 Å². The number of imidazole rings is 1. The summed E-state index contributed by atoms with van der Waals surface area (Å²) in [6.45, 7) is 0. The van der Waals surface area contributed by atoms with Gasteiger partial charge in [0, 0.05) is 0 Å². The van der Waals surface area contributed by atoms with Crippen LogP contribution in [0.1, 0.15) is 10.6 Å². The Balaban J connectivity index is 2.93. The van der Waals surface area contributed by atoms with E-state index in [1.807, 2.05) is 0 Å². The van der Waals surface area contributed by atoms with Gasteiger partial charge in [-0.2, -0.15) is 0 Å². The summed E-state index contributed by atoms with van der Waals surface area (Å²) in [5.41, 5.74) is 0. The van der Waals surface area contributed by atoms with Crippen LogP contribution in [0.3, 0.4) is 0 Å². The fourth-order valence-corrected chi connectivity index (χ4v) is 0.731. The Bertz CT molecular complexity index is 182. The molecule has 0 radical (unpaired) electrons. The van der Waals surface area contributed by atoms with Gasteiger partial charge in [0.15, 0.2) is 0 Å². The van der Waals surface area contributed by atoms with Crippen molar-refractivity contribution in [2.24, 2.45) is 0 Å². The van der Waals surface area contributed by atoms with Crippen LogP contribution in [0, 0.1) is 0 Å². The van der Waals surface area contributed by atoms with Crippen molar-refractivity contribution in [1.82, 2.24) is 9.97 Å². The third kappa shape index (κ3) is 1.18. The summed E-state index contributed by atoms with van der Waals surface area (Å²) in [6.07, 6.45) is 3.22. The van der Waals surface area contributed by atoms with Crippen molar-refractivity contribution in [2.45, 2.75) is 0 Å². The van der Waals surface area contributed by atoms with Crippen molar-refractivity contribution < 1.29 is 4.79 Å². The number of aromatic amines is 1. The minimum absolute atomic E-state index is 0.106. The Labute approximate surface area is 63.9 Å². The summed E-state index contributed by atoms with van der Waals surface area (Å²) < 4.78 is 0.106. The Hall–Kier alpha value is -0.120. The molecule has 0 saturated carbocycles. The molecule has 0 aliphatic carbocycles. The molecular weight excluding hydrogens is 115 g/mol. The SMILES string of the molecule is O=[C]([Na])c1ncc[nH]1. The number of nitrogens with one attached hydrogen (secondary N) is 1. The number of nitrogens with zero attached hydrogens (tertiary/aromatic N) is 1. The summed E-state index contributed by atoms with van der Waals surface area (Å²) in [5, 5.41) is 0. The third-order valence-corrected chi connectivity index (χ3v) is 1.31. The van der Waals surface area contributed by atoms with Crippen molar-refractivity contribution >= 4 is 31.0 Å². The van der Waals surface area contributed by atoms with E-state index in [0.29, 0.717) is 33.8 Å². The van der Waals surface area contributed by atoms with Crippen molar-refractivity contribution in [2.75, 3.05) is 0 Å². The first-order chi connectivity index (χ1) is 3.80. The summed E-state index contributed by atoms with van der Waals surface area (Å²) in [6, 6.07) is 0. The molecule has 0 aromatic carbocycles. The zero-order valence-corrected chi connectivity index (χ0v) is 6.51. The molecule has 3 nitrogen and oxygen atoms in total. The Morgan fingerprint density at radius 2 is 2.62 bits per heavy atom. The second kappa shape index (κ2) is 2.44. The fraction of sp³-hybridized carbons (Fsp3) is 0.